The zero-order valence-corrected chi connectivity index (χ0v) is 9.61. The molecular weight excluding hydrogens is 279 g/mol. The van der Waals surface area contributed by atoms with E-state index in [1.54, 1.807) is 12.4 Å². The van der Waals surface area contributed by atoms with Crippen LogP contribution < -0.4 is 0 Å². The van der Waals surface area contributed by atoms with E-state index in [9.17, 15) is 4.79 Å². The molecule has 0 unspecified atom stereocenters. The van der Waals surface area contributed by atoms with Crippen molar-refractivity contribution < 1.29 is 4.79 Å². The number of imidazole rings is 1. The lowest BCUT2D eigenvalue weighted by Crippen LogP contribution is -2.02. The SMILES string of the molecule is C=CCCC(=O)c1ncn(C)c1I. The zero-order chi connectivity index (χ0) is 9.84. The van der Waals surface area contributed by atoms with Crippen LogP contribution in [0.5, 0.6) is 0 Å². The van der Waals surface area contributed by atoms with E-state index in [-0.39, 0.29) is 5.78 Å². The van der Waals surface area contributed by atoms with Crippen molar-refractivity contribution in [2.75, 3.05) is 0 Å². The molecule has 0 saturated heterocycles. The lowest BCUT2D eigenvalue weighted by Gasteiger charge is -1.96. The summed E-state index contributed by atoms with van der Waals surface area (Å²) in [5.74, 6) is 0.0879. The van der Waals surface area contributed by atoms with Crippen LogP contribution in [-0.2, 0) is 7.05 Å². The maximum Gasteiger partial charge on any atom is 0.184 e. The minimum absolute atomic E-state index is 0.0879. The van der Waals surface area contributed by atoms with Gasteiger partial charge in [-0.05, 0) is 29.0 Å². The maximum atomic E-state index is 11.5. The van der Waals surface area contributed by atoms with Crippen LogP contribution in [0.15, 0.2) is 19.0 Å². The number of aryl methyl sites for hydroxylation is 1. The van der Waals surface area contributed by atoms with Gasteiger partial charge in [0.15, 0.2) is 5.78 Å². The topological polar surface area (TPSA) is 34.9 Å². The molecule has 70 valence electrons. The first kappa shape index (κ1) is 10.4. The van der Waals surface area contributed by atoms with Gasteiger partial charge in [0.2, 0.25) is 0 Å². The van der Waals surface area contributed by atoms with Crippen molar-refractivity contribution in [2.24, 2.45) is 7.05 Å². The van der Waals surface area contributed by atoms with E-state index in [1.165, 1.54) is 0 Å². The second kappa shape index (κ2) is 4.55. The van der Waals surface area contributed by atoms with E-state index < -0.39 is 0 Å². The second-order valence-electron chi connectivity index (χ2n) is 2.75. The van der Waals surface area contributed by atoms with Gasteiger partial charge in [-0.3, -0.25) is 4.79 Å². The number of nitrogens with zero attached hydrogens (tertiary/aromatic N) is 2. The van der Waals surface area contributed by atoms with Gasteiger partial charge in [-0.15, -0.1) is 6.58 Å². The Labute approximate surface area is 91.0 Å². The number of halogens is 1. The number of hydrogen-bond acceptors (Lipinski definition) is 2. The summed E-state index contributed by atoms with van der Waals surface area (Å²) in [5, 5.41) is 0. The molecule has 0 atom stereocenters. The number of carbonyl (C=O) groups is 1. The highest BCUT2D eigenvalue weighted by molar-refractivity contribution is 14.1. The molecule has 13 heavy (non-hydrogen) atoms. The van der Waals surface area contributed by atoms with Gasteiger partial charge >= 0.3 is 0 Å². The minimum atomic E-state index is 0.0879. The van der Waals surface area contributed by atoms with Gasteiger partial charge in [0, 0.05) is 13.5 Å². The highest BCUT2D eigenvalue weighted by atomic mass is 127. The highest BCUT2D eigenvalue weighted by Crippen LogP contribution is 2.12. The number of aromatic nitrogens is 2. The van der Waals surface area contributed by atoms with Crippen molar-refractivity contribution in [2.45, 2.75) is 12.8 Å². The van der Waals surface area contributed by atoms with Gasteiger partial charge in [-0.25, -0.2) is 4.98 Å². The minimum Gasteiger partial charge on any atom is -0.329 e. The first-order chi connectivity index (χ1) is 6.16. The average Bonchev–Trinajstić information content (AvgIpc) is 2.44. The van der Waals surface area contributed by atoms with Crippen molar-refractivity contribution in [1.82, 2.24) is 9.55 Å². The average molecular weight is 290 g/mol. The van der Waals surface area contributed by atoms with E-state index in [0.29, 0.717) is 18.5 Å². The van der Waals surface area contributed by atoms with Crippen molar-refractivity contribution in [1.29, 1.82) is 0 Å². The summed E-state index contributed by atoms with van der Waals surface area (Å²) in [6.45, 7) is 3.57. The predicted molar refractivity (Wildman–Crippen MR) is 59.7 cm³/mol. The lowest BCUT2D eigenvalue weighted by molar-refractivity contribution is 0.0978. The fraction of sp³-hybridized carbons (Fsp3) is 0.333. The predicted octanol–water partition coefficient (Wildman–Crippen LogP) is 2.17. The summed E-state index contributed by atoms with van der Waals surface area (Å²) < 4.78 is 2.73. The van der Waals surface area contributed by atoms with Gasteiger partial charge < -0.3 is 4.57 Å². The van der Waals surface area contributed by atoms with Crippen LogP contribution in [0.1, 0.15) is 23.3 Å². The molecule has 1 aromatic rings. The maximum absolute atomic E-state index is 11.5. The lowest BCUT2D eigenvalue weighted by atomic mass is 10.2. The molecule has 3 nitrogen and oxygen atoms in total. The van der Waals surface area contributed by atoms with E-state index in [1.807, 2.05) is 11.6 Å². The number of Topliss-reactive ketones (excluding diaryl/α,β-unsaturated/α-hetero) is 1. The quantitative estimate of drug-likeness (QED) is 0.484. The Morgan fingerprint density at radius 3 is 3.00 bits per heavy atom. The van der Waals surface area contributed by atoms with Crippen molar-refractivity contribution in [3.8, 4) is 0 Å². The Hall–Kier alpha value is -0.650. The molecule has 0 aromatic carbocycles. The summed E-state index contributed by atoms with van der Waals surface area (Å²) in [7, 11) is 1.87. The first-order valence-corrected chi connectivity index (χ1v) is 5.05. The molecule has 1 heterocycles. The Balaban J connectivity index is 2.77. The van der Waals surface area contributed by atoms with Crippen LogP contribution in [0.3, 0.4) is 0 Å². The molecule has 0 N–H and O–H groups in total. The smallest absolute Gasteiger partial charge is 0.184 e. The van der Waals surface area contributed by atoms with E-state index in [4.69, 9.17) is 0 Å². The molecule has 0 amide bonds. The second-order valence-corrected chi connectivity index (χ2v) is 3.77. The van der Waals surface area contributed by atoms with Gasteiger partial charge in [-0.2, -0.15) is 0 Å². The monoisotopic (exact) mass is 290 g/mol. The van der Waals surface area contributed by atoms with Crippen molar-refractivity contribution in [3.05, 3.63) is 28.4 Å². The summed E-state index contributed by atoms with van der Waals surface area (Å²) >= 11 is 2.12. The molecular formula is C9H11IN2O. The highest BCUT2D eigenvalue weighted by Gasteiger charge is 2.13. The summed E-state index contributed by atoms with van der Waals surface area (Å²) in [6.07, 6.45) is 4.61. The standard InChI is InChI=1S/C9H11IN2O/c1-3-4-5-7(13)8-9(10)12(2)6-11-8/h3,6H,1,4-5H2,2H3. The normalized spacial score (nSPS) is 10.0. The first-order valence-electron chi connectivity index (χ1n) is 3.97. The molecule has 1 aromatic heterocycles. The third-order valence-corrected chi connectivity index (χ3v) is 2.98. The summed E-state index contributed by atoms with van der Waals surface area (Å²) in [5.41, 5.74) is 0.574. The summed E-state index contributed by atoms with van der Waals surface area (Å²) in [6, 6.07) is 0. The summed E-state index contributed by atoms with van der Waals surface area (Å²) in [4.78, 5) is 15.5. The molecule has 1 rings (SSSR count). The van der Waals surface area contributed by atoms with Crippen molar-refractivity contribution in [3.63, 3.8) is 0 Å². The van der Waals surface area contributed by atoms with Gasteiger partial charge in [0.05, 0.1) is 6.33 Å². The Morgan fingerprint density at radius 1 is 1.85 bits per heavy atom. The van der Waals surface area contributed by atoms with Crippen LogP contribution in [0.4, 0.5) is 0 Å². The number of rotatable bonds is 4. The van der Waals surface area contributed by atoms with Crippen LogP contribution >= 0.6 is 22.6 Å². The number of carbonyl (C=O) groups excluding carboxylic acids is 1. The molecule has 0 radical (unpaired) electrons. The third-order valence-electron chi connectivity index (χ3n) is 1.70. The number of hydrogen-bond donors (Lipinski definition) is 0. The Bertz CT molecular complexity index is 330. The van der Waals surface area contributed by atoms with Crippen LogP contribution in [0.2, 0.25) is 0 Å². The van der Waals surface area contributed by atoms with E-state index in [2.05, 4.69) is 34.2 Å². The van der Waals surface area contributed by atoms with Crippen LogP contribution in [0.25, 0.3) is 0 Å². The van der Waals surface area contributed by atoms with Crippen LogP contribution in [0, 0.1) is 3.70 Å². The molecule has 0 fully saturated rings. The Kier molecular flexibility index (Phi) is 3.65. The molecule has 0 bridgehead atoms. The van der Waals surface area contributed by atoms with E-state index in [0.717, 1.165) is 3.70 Å². The third kappa shape index (κ3) is 2.40. The number of allylic oxidation sites excluding steroid dienone is 1. The molecule has 0 aliphatic heterocycles. The molecule has 0 spiro atoms. The molecule has 0 saturated carbocycles. The van der Waals surface area contributed by atoms with Gasteiger partial charge in [0.1, 0.15) is 9.39 Å². The van der Waals surface area contributed by atoms with Crippen LogP contribution in [-0.4, -0.2) is 15.3 Å². The molecule has 0 aliphatic rings. The van der Waals surface area contributed by atoms with Gasteiger partial charge in [-0.1, -0.05) is 6.08 Å². The fourth-order valence-electron chi connectivity index (χ4n) is 0.954. The van der Waals surface area contributed by atoms with Gasteiger partial charge in [0.25, 0.3) is 0 Å². The van der Waals surface area contributed by atoms with E-state index >= 15 is 0 Å². The Morgan fingerprint density at radius 2 is 2.54 bits per heavy atom. The largest absolute Gasteiger partial charge is 0.329 e. The fourth-order valence-corrected chi connectivity index (χ4v) is 1.52. The number of ketones is 1. The molecule has 0 aliphatic carbocycles. The zero-order valence-electron chi connectivity index (χ0n) is 7.46. The molecule has 4 heteroatoms. The van der Waals surface area contributed by atoms with Crippen molar-refractivity contribution >= 4 is 28.4 Å².